The number of carboxylic acid groups (broad SMARTS) is 1. The van der Waals surface area contributed by atoms with E-state index in [4.69, 9.17) is 16.7 Å². The third kappa shape index (κ3) is 1.85. The van der Waals surface area contributed by atoms with Crippen molar-refractivity contribution < 1.29 is 15.0 Å². The molecule has 0 spiro atoms. The number of pyridine rings is 1. The fourth-order valence-electron chi connectivity index (χ4n) is 1.43. The number of benzene rings is 1. The number of aliphatic hydroxyl groups is 1. The largest absolute Gasteiger partial charge is 0.479 e. The third-order valence-corrected chi connectivity index (χ3v) is 2.54. The maximum absolute atomic E-state index is 10.7. The molecule has 2 N–H and O–H groups in total. The van der Waals surface area contributed by atoms with Crippen molar-refractivity contribution >= 4 is 28.5 Å². The number of halogens is 1. The van der Waals surface area contributed by atoms with E-state index in [2.05, 4.69) is 4.98 Å². The standard InChI is InChI=1S/C11H8ClNO3/c12-10-7(9(14)11(15)16)5-6-3-1-2-4-8(6)13-10/h1-5,9,14H,(H,15,16). The molecule has 0 saturated heterocycles. The van der Waals surface area contributed by atoms with Crippen molar-refractivity contribution in [1.29, 1.82) is 0 Å². The number of carboxylic acids is 1. The minimum Gasteiger partial charge on any atom is -0.479 e. The number of carbonyl (C=O) groups is 1. The van der Waals surface area contributed by atoms with Gasteiger partial charge in [0.1, 0.15) is 5.15 Å². The lowest BCUT2D eigenvalue weighted by atomic mass is 10.1. The van der Waals surface area contributed by atoms with Gasteiger partial charge in [-0.2, -0.15) is 0 Å². The molecule has 2 aromatic rings. The Balaban J connectivity index is 2.62. The molecule has 0 radical (unpaired) electrons. The van der Waals surface area contributed by atoms with Crippen molar-refractivity contribution in [1.82, 2.24) is 4.98 Å². The Bertz CT molecular complexity index is 556. The van der Waals surface area contributed by atoms with Crippen LogP contribution >= 0.6 is 11.6 Å². The van der Waals surface area contributed by atoms with E-state index in [1.165, 1.54) is 6.07 Å². The normalized spacial score (nSPS) is 12.6. The molecule has 1 unspecified atom stereocenters. The van der Waals surface area contributed by atoms with Crippen molar-refractivity contribution in [2.24, 2.45) is 0 Å². The smallest absolute Gasteiger partial charge is 0.337 e. The number of hydrogen-bond acceptors (Lipinski definition) is 3. The first-order valence-electron chi connectivity index (χ1n) is 4.55. The first kappa shape index (κ1) is 10.9. The Hall–Kier alpha value is -1.65. The van der Waals surface area contributed by atoms with Crippen molar-refractivity contribution in [3.05, 3.63) is 41.0 Å². The molecule has 0 amide bonds. The van der Waals surface area contributed by atoms with Gasteiger partial charge in [-0.1, -0.05) is 29.8 Å². The Labute approximate surface area is 96.1 Å². The quantitative estimate of drug-likeness (QED) is 0.784. The van der Waals surface area contributed by atoms with Gasteiger partial charge in [0.15, 0.2) is 6.10 Å². The molecule has 0 aliphatic carbocycles. The van der Waals surface area contributed by atoms with Crippen LogP contribution < -0.4 is 0 Å². The lowest BCUT2D eigenvalue weighted by Crippen LogP contribution is -2.11. The summed E-state index contributed by atoms with van der Waals surface area (Å²) in [4.78, 5) is 14.7. The second-order valence-corrected chi connectivity index (χ2v) is 3.66. The summed E-state index contributed by atoms with van der Waals surface area (Å²) < 4.78 is 0. The Morgan fingerprint density at radius 2 is 2.06 bits per heavy atom. The Kier molecular flexibility index (Phi) is 2.77. The van der Waals surface area contributed by atoms with E-state index in [1.54, 1.807) is 24.3 Å². The number of fused-ring (bicyclic) bond motifs is 1. The zero-order chi connectivity index (χ0) is 11.7. The fourth-order valence-corrected chi connectivity index (χ4v) is 1.68. The van der Waals surface area contributed by atoms with Gasteiger partial charge in [-0.25, -0.2) is 9.78 Å². The summed E-state index contributed by atoms with van der Waals surface area (Å²) in [6.45, 7) is 0. The van der Waals surface area contributed by atoms with Gasteiger partial charge in [-0.05, 0) is 12.1 Å². The summed E-state index contributed by atoms with van der Waals surface area (Å²) in [6.07, 6.45) is -1.65. The van der Waals surface area contributed by atoms with Crippen LogP contribution in [-0.4, -0.2) is 21.2 Å². The van der Waals surface area contributed by atoms with Gasteiger partial charge in [-0.3, -0.25) is 0 Å². The number of rotatable bonds is 2. The summed E-state index contributed by atoms with van der Waals surface area (Å²) in [5.41, 5.74) is 0.765. The molecule has 16 heavy (non-hydrogen) atoms. The summed E-state index contributed by atoms with van der Waals surface area (Å²) in [6, 6.07) is 8.67. The average Bonchev–Trinajstić information content (AvgIpc) is 2.27. The maximum Gasteiger partial charge on any atom is 0.337 e. The molecule has 0 fully saturated rings. The maximum atomic E-state index is 10.7. The number of hydrogen-bond donors (Lipinski definition) is 2. The van der Waals surface area contributed by atoms with E-state index in [-0.39, 0.29) is 10.7 Å². The van der Waals surface area contributed by atoms with E-state index in [1.807, 2.05) is 0 Å². The molecule has 0 aliphatic heterocycles. The molecule has 2 rings (SSSR count). The van der Waals surface area contributed by atoms with Crippen LogP contribution in [0.1, 0.15) is 11.7 Å². The van der Waals surface area contributed by atoms with Crippen LogP contribution in [0.25, 0.3) is 10.9 Å². The van der Waals surface area contributed by atoms with Gasteiger partial charge in [0.2, 0.25) is 0 Å². The number of aromatic nitrogens is 1. The van der Waals surface area contributed by atoms with Crippen LogP contribution in [0.2, 0.25) is 5.15 Å². The second-order valence-electron chi connectivity index (χ2n) is 3.30. The van der Waals surface area contributed by atoms with Crippen LogP contribution in [0.5, 0.6) is 0 Å². The Morgan fingerprint density at radius 1 is 1.38 bits per heavy atom. The number of aliphatic carboxylic acids is 1. The zero-order valence-corrected chi connectivity index (χ0v) is 8.85. The van der Waals surface area contributed by atoms with Crippen LogP contribution in [0.15, 0.2) is 30.3 Å². The van der Waals surface area contributed by atoms with Crippen LogP contribution in [-0.2, 0) is 4.79 Å². The molecular formula is C11H8ClNO3. The van der Waals surface area contributed by atoms with E-state index in [0.717, 1.165) is 5.39 Å². The summed E-state index contributed by atoms with van der Waals surface area (Å²) in [7, 11) is 0. The summed E-state index contributed by atoms with van der Waals surface area (Å²) in [5, 5.41) is 18.9. The molecule has 0 aliphatic rings. The van der Waals surface area contributed by atoms with Crippen molar-refractivity contribution in [2.45, 2.75) is 6.10 Å². The predicted molar refractivity (Wildman–Crippen MR) is 59.3 cm³/mol. The lowest BCUT2D eigenvalue weighted by molar-refractivity contribution is -0.146. The van der Waals surface area contributed by atoms with E-state index >= 15 is 0 Å². The molecule has 1 atom stereocenters. The van der Waals surface area contributed by atoms with Crippen molar-refractivity contribution in [2.75, 3.05) is 0 Å². The topological polar surface area (TPSA) is 70.4 Å². The molecule has 82 valence electrons. The first-order chi connectivity index (χ1) is 7.59. The highest BCUT2D eigenvalue weighted by molar-refractivity contribution is 6.30. The summed E-state index contributed by atoms with van der Waals surface area (Å²) >= 11 is 5.81. The molecule has 4 nitrogen and oxygen atoms in total. The average molecular weight is 238 g/mol. The molecule has 1 aromatic heterocycles. The first-order valence-corrected chi connectivity index (χ1v) is 4.93. The minimum absolute atomic E-state index is 0.00796. The molecule has 0 bridgehead atoms. The lowest BCUT2D eigenvalue weighted by Gasteiger charge is -2.08. The number of aliphatic hydroxyl groups excluding tert-OH is 1. The predicted octanol–water partition coefficient (Wildman–Crippen LogP) is 2.01. The highest BCUT2D eigenvalue weighted by Crippen LogP contribution is 2.25. The number of nitrogens with zero attached hydrogens (tertiary/aromatic N) is 1. The van der Waals surface area contributed by atoms with E-state index < -0.39 is 12.1 Å². The number of para-hydroxylation sites is 1. The van der Waals surface area contributed by atoms with Gasteiger partial charge < -0.3 is 10.2 Å². The monoisotopic (exact) mass is 237 g/mol. The van der Waals surface area contributed by atoms with Gasteiger partial charge in [-0.15, -0.1) is 0 Å². The molecular weight excluding hydrogens is 230 g/mol. The zero-order valence-electron chi connectivity index (χ0n) is 8.09. The van der Waals surface area contributed by atoms with Crippen molar-refractivity contribution in [3.8, 4) is 0 Å². The fraction of sp³-hybridized carbons (Fsp3) is 0.0909. The van der Waals surface area contributed by atoms with Gasteiger partial charge in [0.25, 0.3) is 0 Å². The van der Waals surface area contributed by atoms with Crippen molar-refractivity contribution in [3.63, 3.8) is 0 Å². The molecule has 5 heteroatoms. The highest BCUT2D eigenvalue weighted by atomic mass is 35.5. The molecule has 0 saturated carbocycles. The highest BCUT2D eigenvalue weighted by Gasteiger charge is 2.20. The van der Waals surface area contributed by atoms with Gasteiger partial charge in [0, 0.05) is 10.9 Å². The molecule has 1 aromatic carbocycles. The third-order valence-electron chi connectivity index (χ3n) is 2.23. The van der Waals surface area contributed by atoms with Crippen LogP contribution in [0.4, 0.5) is 0 Å². The molecule has 1 heterocycles. The second kappa shape index (κ2) is 4.08. The van der Waals surface area contributed by atoms with Gasteiger partial charge in [0.05, 0.1) is 5.52 Å². The van der Waals surface area contributed by atoms with Crippen LogP contribution in [0.3, 0.4) is 0 Å². The van der Waals surface area contributed by atoms with E-state index in [9.17, 15) is 9.90 Å². The van der Waals surface area contributed by atoms with Gasteiger partial charge >= 0.3 is 5.97 Å². The van der Waals surface area contributed by atoms with Crippen LogP contribution in [0, 0.1) is 0 Å². The Morgan fingerprint density at radius 3 is 2.75 bits per heavy atom. The SMILES string of the molecule is O=C(O)C(O)c1cc2ccccc2nc1Cl. The summed E-state index contributed by atoms with van der Waals surface area (Å²) in [5.74, 6) is -1.35. The van der Waals surface area contributed by atoms with E-state index in [0.29, 0.717) is 5.52 Å². The minimum atomic E-state index is -1.65.